The molecule has 0 fully saturated rings. The van der Waals surface area contributed by atoms with E-state index >= 15 is 0 Å². The predicted molar refractivity (Wildman–Crippen MR) is 67.8 cm³/mol. The van der Waals surface area contributed by atoms with E-state index in [1.165, 1.54) is 25.3 Å². The van der Waals surface area contributed by atoms with Crippen molar-refractivity contribution in [2.45, 2.75) is 12.4 Å². The minimum Gasteiger partial charge on any atom is -0.353 e. The zero-order valence-corrected chi connectivity index (χ0v) is 11.7. The fourth-order valence-corrected chi connectivity index (χ4v) is 2.04. The lowest BCUT2D eigenvalue weighted by molar-refractivity contribution is -0.0501. The molecule has 0 spiro atoms. The Bertz CT molecular complexity index is 789. The third kappa shape index (κ3) is 3.16. The molecule has 0 saturated carbocycles. The highest BCUT2D eigenvalue weighted by atomic mass is 32.2. The molecule has 0 atom stereocenters. The summed E-state index contributed by atoms with van der Waals surface area (Å²) in [4.78, 5) is 0. The Hall–Kier alpha value is -2.23. The first-order valence-corrected chi connectivity index (χ1v) is 7.11. The van der Waals surface area contributed by atoms with E-state index in [1.807, 2.05) is 0 Å². The van der Waals surface area contributed by atoms with Crippen molar-refractivity contribution in [3.05, 3.63) is 41.8 Å². The van der Waals surface area contributed by atoms with E-state index in [0.717, 1.165) is 12.1 Å². The van der Waals surface area contributed by atoms with Gasteiger partial charge in [0.05, 0.1) is 6.20 Å². The molecule has 0 bridgehead atoms. The molecule has 118 valence electrons. The lowest BCUT2D eigenvalue weighted by Crippen LogP contribution is -2.28. The van der Waals surface area contributed by atoms with Crippen molar-refractivity contribution in [3.63, 3.8) is 0 Å². The molecule has 1 aromatic carbocycles. The number of nitrogens with zero attached hydrogens (tertiary/aromatic N) is 2. The molecule has 0 unspecified atom stereocenters. The smallest absolute Gasteiger partial charge is 0.353 e. The van der Waals surface area contributed by atoms with E-state index < -0.39 is 27.3 Å². The molecule has 2 rings (SSSR count). The molecule has 0 N–H and O–H groups in total. The first kappa shape index (κ1) is 16.1. The van der Waals surface area contributed by atoms with Gasteiger partial charge in [-0.15, -0.1) is 5.10 Å². The van der Waals surface area contributed by atoms with Gasteiger partial charge in [0.2, 0.25) is 0 Å². The summed E-state index contributed by atoms with van der Waals surface area (Å²) < 4.78 is 75.8. The van der Waals surface area contributed by atoms with Gasteiger partial charge in [-0.05, 0) is 24.6 Å². The zero-order valence-electron chi connectivity index (χ0n) is 10.9. The highest BCUT2D eigenvalue weighted by Gasteiger charge is 2.49. The maximum Gasteiger partial charge on any atom is 0.534 e. The van der Waals surface area contributed by atoms with Crippen LogP contribution in [-0.2, 0) is 10.1 Å². The minimum absolute atomic E-state index is 0.0226. The van der Waals surface area contributed by atoms with Crippen molar-refractivity contribution in [2.75, 3.05) is 0 Å². The van der Waals surface area contributed by atoms with Gasteiger partial charge >= 0.3 is 15.6 Å². The van der Waals surface area contributed by atoms with E-state index in [4.69, 9.17) is 0 Å². The van der Waals surface area contributed by atoms with Crippen molar-refractivity contribution in [3.8, 4) is 17.0 Å². The minimum atomic E-state index is -5.84. The van der Waals surface area contributed by atoms with Gasteiger partial charge in [0.1, 0.15) is 5.82 Å². The first-order chi connectivity index (χ1) is 10.1. The molecule has 1 aromatic heterocycles. The number of halogens is 4. The van der Waals surface area contributed by atoms with Crippen LogP contribution in [0.1, 0.15) is 5.56 Å². The summed E-state index contributed by atoms with van der Waals surface area (Å²) in [5.74, 6) is -1.29. The first-order valence-electron chi connectivity index (χ1n) is 5.71. The monoisotopic (exact) mass is 336 g/mol. The van der Waals surface area contributed by atoms with Crippen LogP contribution in [0.5, 0.6) is 5.88 Å². The standard InChI is InChI=1S/C12H8F4N2O3S/c1-7-10(8-2-4-9(13)5-3-8)6-17-18-11(7)21-22(19,20)12(14,15)16/h2-6H,1H3. The van der Waals surface area contributed by atoms with E-state index in [9.17, 15) is 26.0 Å². The summed E-state index contributed by atoms with van der Waals surface area (Å²) in [6, 6.07) is 5.01. The van der Waals surface area contributed by atoms with Gasteiger partial charge < -0.3 is 4.18 Å². The van der Waals surface area contributed by atoms with Crippen molar-refractivity contribution < 1.29 is 30.2 Å². The van der Waals surface area contributed by atoms with Gasteiger partial charge in [-0.3, -0.25) is 0 Å². The van der Waals surface area contributed by atoms with Gasteiger partial charge in [0.15, 0.2) is 0 Å². The highest BCUT2D eigenvalue weighted by Crippen LogP contribution is 2.31. The fourth-order valence-electron chi connectivity index (χ4n) is 1.58. The van der Waals surface area contributed by atoms with Crippen LogP contribution in [0.3, 0.4) is 0 Å². The molecule has 0 aliphatic rings. The number of benzene rings is 1. The molecule has 5 nitrogen and oxygen atoms in total. The second-order valence-electron chi connectivity index (χ2n) is 4.18. The summed E-state index contributed by atoms with van der Waals surface area (Å²) >= 11 is 0. The second kappa shape index (κ2) is 5.52. The third-order valence-electron chi connectivity index (χ3n) is 2.69. The Morgan fingerprint density at radius 2 is 1.73 bits per heavy atom. The van der Waals surface area contributed by atoms with Crippen LogP contribution in [0.25, 0.3) is 11.1 Å². The van der Waals surface area contributed by atoms with Crippen LogP contribution in [0, 0.1) is 12.7 Å². The van der Waals surface area contributed by atoms with E-state index in [2.05, 4.69) is 14.4 Å². The summed E-state index contributed by atoms with van der Waals surface area (Å²) in [5.41, 5.74) is -4.87. The molecule has 0 amide bonds. The van der Waals surface area contributed by atoms with Crippen molar-refractivity contribution >= 4 is 10.1 Å². The Morgan fingerprint density at radius 3 is 2.27 bits per heavy atom. The summed E-state index contributed by atoms with van der Waals surface area (Å²) in [5, 5.41) is 6.67. The summed E-state index contributed by atoms with van der Waals surface area (Å²) in [6.07, 6.45) is 1.20. The van der Waals surface area contributed by atoms with Crippen molar-refractivity contribution in [1.29, 1.82) is 0 Å². The van der Waals surface area contributed by atoms with Gasteiger partial charge in [0.25, 0.3) is 5.88 Å². The Balaban J connectivity index is 2.45. The maximum absolute atomic E-state index is 12.9. The number of aromatic nitrogens is 2. The second-order valence-corrected chi connectivity index (χ2v) is 5.72. The number of rotatable bonds is 3. The molecule has 1 heterocycles. The van der Waals surface area contributed by atoms with Crippen LogP contribution in [-0.4, -0.2) is 24.1 Å². The maximum atomic E-state index is 12.9. The van der Waals surface area contributed by atoms with Gasteiger partial charge in [-0.2, -0.15) is 26.7 Å². The van der Waals surface area contributed by atoms with Crippen molar-refractivity contribution in [2.24, 2.45) is 0 Å². The number of hydrogen-bond donors (Lipinski definition) is 0. The van der Waals surface area contributed by atoms with Crippen LogP contribution in [0.2, 0.25) is 0 Å². The largest absolute Gasteiger partial charge is 0.534 e. The Labute approximate surface area is 122 Å². The van der Waals surface area contributed by atoms with E-state index in [-0.39, 0.29) is 11.1 Å². The summed E-state index contributed by atoms with van der Waals surface area (Å²) in [7, 11) is -5.84. The Morgan fingerprint density at radius 1 is 1.14 bits per heavy atom. The molecule has 10 heteroatoms. The highest BCUT2D eigenvalue weighted by molar-refractivity contribution is 7.87. The number of hydrogen-bond acceptors (Lipinski definition) is 5. The van der Waals surface area contributed by atoms with E-state index in [1.54, 1.807) is 0 Å². The normalized spacial score (nSPS) is 12.2. The average molecular weight is 336 g/mol. The average Bonchev–Trinajstić information content (AvgIpc) is 2.41. The van der Waals surface area contributed by atoms with E-state index in [0.29, 0.717) is 5.56 Å². The molecular weight excluding hydrogens is 328 g/mol. The fraction of sp³-hybridized carbons (Fsp3) is 0.167. The van der Waals surface area contributed by atoms with Crippen LogP contribution in [0.15, 0.2) is 30.5 Å². The Kier molecular flexibility index (Phi) is 4.05. The molecule has 22 heavy (non-hydrogen) atoms. The summed E-state index contributed by atoms with van der Waals surface area (Å²) in [6.45, 7) is 1.31. The van der Waals surface area contributed by atoms with Crippen molar-refractivity contribution in [1.82, 2.24) is 10.2 Å². The molecule has 0 aliphatic heterocycles. The predicted octanol–water partition coefficient (Wildman–Crippen LogP) is 2.82. The topological polar surface area (TPSA) is 69.2 Å². The SMILES string of the molecule is Cc1c(-c2ccc(F)cc2)cnnc1OS(=O)(=O)C(F)(F)F. The molecule has 0 saturated heterocycles. The van der Waals surface area contributed by atoms with Gasteiger partial charge in [-0.25, -0.2) is 4.39 Å². The third-order valence-corrected chi connectivity index (χ3v) is 3.63. The van der Waals surface area contributed by atoms with Crippen LogP contribution < -0.4 is 4.18 Å². The lowest BCUT2D eigenvalue weighted by Gasteiger charge is -2.12. The zero-order chi connectivity index (χ0) is 16.5. The van der Waals surface area contributed by atoms with Crippen LogP contribution >= 0.6 is 0 Å². The number of alkyl halides is 3. The molecule has 2 aromatic rings. The molecular formula is C12H8F4N2O3S. The lowest BCUT2D eigenvalue weighted by atomic mass is 10.0. The quantitative estimate of drug-likeness (QED) is 0.490. The molecule has 0 radical (unpaired) electrons. The van der Waals surface area contributed by atoms with Crippen LogP contribution in [0.4, 0.5) is 17.6 Å². The van der Waals surface area contributed by atoms with Gasteiger partial charge in [-0.1, -0.05) is 12.1 Å². The van der Waals surface area contributed by atoms with Gasteiger partial charge in [0, 0.05) is 11.1 Å². The molecule has 0 aliphatic carbocycles.